The van der Waals surface area contributed by atoms with Crippen molar-refractivity contribution in [2.75, 3.05) is 9.80 Å². The summed E-state index contributed by atoms with van der Waals surface area (Å²) in [6, 6.07) is 13.7. The Kier molecular flexibility index (Phi) is 4.88. The van der Waals surface area contributed by atoms with E-state index in [0.717, 1.165) is 12.8 Å². The van der Waals surface area contributed by atoms with Crippen molar-refractivity contribution in [3.8, 4) is 0 Å². The number of nitrogens with zero attached hydrogens (tertiary/aromatic N) is 2. The molecule has 2 saturated carbocycles. The summed E-state index contributed by atoms with van der Waals surface area (Å²) in [5, 5.41) is 0. The van der Waals surface area contributed by atoms with E-state index in [0.29, 0.717) is 22.5 Å². The molecule has 198 valence electrons. The fourth-order valence-electron chi connectivity index (χ4n) is 8.15. The van der Waals surface area contributed by atoms with Gasteiger partial charge in [0, 0.05) is 5.56 Å². The van der Waals surface area contributed by atoms with Crippen LogP contribution in [-0.2, 0) is 19.2 Å². The van der Waals surface area contributed by atoms with Crippen molar-refractivity contribution in [3.05, 3.63) is 90.0 Å². The predicted molar refractivity (Wildman–Crippen MR) is 147 cm³/mol. The van der Waals surface area contributed by atoms with Crippen LogP contribution < -0.4 is 9.80 Å². The van der Waals surface area contributed by atoms with Gasteiger partial charge in [-0.2, -0.15) is 0 Å². The third-order valence-electron chi connectivity index (χ3n) is 9.89. The number of benzene rings is 2. The zero-order valence-corrected chi connectivity index (χ0v) is 21.6. The SMILES string of the molecule is O=C(/C=C/c1cccc(N2C(=O)C3C4C=CC(C4)C3C2=O)c1)c1cccc(N2C(=O)C3C4C=CC(C4)C3C2=O)c1. The molecule has 0 N–H and O–H groups in total. The zero-order valence-electron chi connectivity index (χ0n) is 21.6. The lowest BCUT2D eigenvalue weighted by Gasteiger charge is -2.18. The summed E-state index contributed by atoms with van der Waals surface area (Å²) >= 11 is 0. The molecule has 7 heteroatoms. The molecule has 40 heavy (non-hydrogen) atoms. The minimum atomic E-state index is -0.297. The summed E-state index contributed by atoms with van der Waals surface area (Å²) in [6.45, 7) is 0. The lowest BCUT2D eigenvalue weighted by Crippen LogP contribution is -2.32. The molecule has 4 bridgehead atoms. The normalized spacial score (nSPS) is 34.7. The molecule has 2 aromatic carbocycles. The molecular weight excluding hydrogens is 504 g/mol. The van der Waals surface area contributed by atoms with Gasteiger partial charge in [-0.25, -0.2) is 9.80 Å². The maximum atomic E-state index is 13.2. The quantitative estimate of drug-likeness (QED) is 0.250. The van der Waals surface area contributed by atoms with E-state index in [-0.39, 0.29) is 76.8 Å². The molecule has 0 radical (unpaired) electrons. The lowest BCUT2D eigenvalue weighted by molar-refractivity contribution is -0.124. The Morgan fingerprint density at radius 2 is 1.07 bits per heavy atom. The van der Waals surface area contributed by atoms with Crippen LogP contribution in [0.1, 0.15) is 28.8 Å². The Morgan fingerprint density at radius 1 is 0.625 bits per heavy atom. The molecule has 4 aliphatic carbocycles. The largest absolute Gasteiger partial charge is 0.289 e. The van der Waals surface area contributed by atoms with Gasteiger partial charge < -0.3 is 0 Å². The number of carbonyl (C=O) groups excluding carboxylic acids is 5. The summed E-state index contributed by atoms with van der Waals surface area (Å²) < 4.78 is 0. The average molecular weight is 531 g/mol. The standard InChI is InChI=1S/C33H26N2O5/c36-25(18-4-2-6-24(16-18)35-32(39)28-21-10-11-22(15-21)29(28)33(35)40)12-7-17-3-1-5-23(13-17)34-30(37)26-19-8-9-20(14-19)27(26)31(34)38/h1-13,16,19-22,26-29H,14-15H2/b12-7+. The van der Waals surface area contributed by atoms with E-state index in [4.69, 9.17) is 0 Å². The third-order valence-corrected chi connectivity index (χ3v) is 9.89. The summed E-state index contributed by atoms with van der Waals surface area (Å²) in [6.07, 6.45) is 13.1. The molecule has 7 nitrogen and oxygen atoms in total. The minimum Gasteiger partial charge on any atom is -0.289 e. The highest BCUT2D eigenvalue weighted by Gasteiger charge is 2.60. The number of ketones is 1. The Morgan fingerprint density at radius 3 is 1.57 bits per heavy atom. The van der Waals surface area contributed by atoms with Crippen LogP contribution in [0.25, 0.3) is 6.08 Å². The van der Waals surface area contributed by atoms with E-state index in [1.165, 1.54) is 15.9 Å². The van der Waals surface area contributed by atoms with Crippen molar-refractivity contribution in [1.82, 2.24) is 0 Å². The van der Waals surface area contributed by atoms with Crippen molar-refractivity contribution in [3.63, 3.8) is 0 Å². The topological polar surface area (TPSA) is 91.8 Å². The number of hydrogen-bond donors (Lipinski definition) is 0. The Bertz CT molecular complexity index is 1570. The molecule has 0 spiro atoms. The second kappa shape index (κ2) is 8.31. The van der Waals surface area contributed by atoms with Gasteiger partial charge in [-0.1, -0.05) is 54.6 Å². The Balaban J connectivity index is 1.01. The molecule has 8 atom stereocenters. The van der Waals surface area contributed by atoms with Gasteiger partial charge in [0.05, 0.1) is 35.0 Å². The minimum absolute atomic E-state index is 0.123. The van der Waals surface area contributed by atoms with E-state index in [2.05, 4.69) is 24.3 Å². The molecule has 0 aromatic heterocycles. The Hall–Kier alpha value is -4.39. The van der Waals surface area contributed by atoms with Crippen LogP contribution in [0.15, 0.2) is 78.9 Å². The second-order valence-corrected chi connectivity index (χ2v) is 11.9. The van der Waals surface area contributed by atoms with Crippen molar-refractivity contribution < 1.29 is 24.0 Å². The molecular formula is C33H26N2O5. The number of amides is 4. The fraction of sp³-hybridized carbons (Fsp3) is 0.303. The summed E-state index contributed by atoms with van der Waals surface area (Å²) in [4.78, 5) is 68.4. The lowest BCUT2D eigenvalue weighted by atomic mass is 9.85. The molecule has 8 rings (SSSR count). The number of rotatable bonds is 5. The molecule has 2 aliphatic heterocycles. The number of hydrogen-bond acceptors (Lipinski definition) is 5. The second-order valence-electron chi connectivity index (χ2n) is 11.9. The molecule has 6 aliphatic rings. The van der Waals surface area contributed by atoms with Gasteiger partial charge in [-0.15, -0.1) is 0 Å². The molecule has 2 aromatic rings. The van der Waals surface area contributed by atoms with Crippen molar-refractivity contribution in [2.45, 2.75) is 12.8 Å². The molecule has 2 heterocycles. The summed E-state index contributed by atoms with van der Waals surface area (Å²) in [5.41, 5.74) is 1.98. The van der Waals surface area contributed by atoms with Gasteiger partial charge in [-0.05, 0) is 72.4 Å². The monoisotopic (exact) mass is 530 g/mol. The van der Waals surface area contributed by atoms with Gasteiger partial charge in [0.25, 0.3) is 0 Å². The van der Waals surface area contributed by atoms with Gasteiger partial charge in [-0.3, -0.25) is 24.0 Å². The number of anilines is 2. The van der Waals surface area contributed by atoms with Gasteiger partial charge in [0.15, 0.2) is 5.78 Å². The first-order valence-electron chi connectivity index (χ1n) is 14.0. The number of fused-ring (bicyclic) bond motifs is 10. The zero-order chi connectivity index (χ0) is 27.3. The maximum Gasteiger partial charge on any atom is 0.238 e. The first-order valence-corrected chi connectivity index (χ1v) is 14.0. The molecule has 8 unspecified atom stereocenters. The van der Waals surface area contributed by atoms with Crippen LogP contribution in [0.3, 0.4) is 0 Å². The van der Waals surface area contributed by atoms with Gasteiger partial charge >= 0.3 is 0 Å². The molecule has 4 amide bonds. The van der Waals surface area contributed by atoms with Crippen LogP contribution in [-0.4, -0.2) is 29.4 Å². The first-order chi connectivity index (χ1) is 19.4. The molecule has 4 fully saturated rings. The van der Waals surface area contributed by atoms with Crippen LogP contribution >= 0.6 is 0 Å². The van der Waals surface area contributed by atoms with Gasteiger partial charge in [0.2, 0.25) is 23.6 Å². The van der Waals surface area contributed by atoms with Crippen molar-refractivity contribution >= 4 is 46.9 Å². The van der Waals surface area contributed by atoms with Crippen LogP contribution in [0.2, 0.25) is 0 Å². The van der Waals surface area contributed by atoms with E-state index in [1.807, 2.05) is 6.07 Å². The summed E-state index contributed by atoms with van der Waals surface area (Å²) in [7, 11) is 0. The summed E-state index contributed by atoms with van der Waals surface area (Å²) in [5.74, 6) is -1.51. The van der Waals surface area contributed by atoms with Crippen LogP contribution in [0.4, 0.5) is 11.4 Å². The number of imide groups is 2. The van der Waals surface area contributed by atoms with Crippen molar-refractivity contribution in [1.29, 1.82) is 0 Å². The maximum absolute atomic E-state index is 13.2. The molecule has 2 saturated heterocycles. The van der Waals surface area contributed by atoms with Gasteiger partial charge in [0.1, 0.15) is 0 Å². The van der Waals surface area contributed by atoms with Crippen LogP contribution in [0.5, 0.6) is 0 Å². The van der Waals surface area contributed by atoms with Crippen LogP contribution in [0, 0.1) is 47.3 Å². The fourth-order valence-corrected chi connectivity index (χ4v) is 8.15. The average Bonchev–Trinajstić information content (AvgIpc) is 3.80. The van der Waals surface area contributed by atoms with E-state index in [1.54, 1.807) is 48.5 Å². The highest BCUT2D eigenvalue weighted by Crippen LogP contribution is 2.54. The smallest absolute Gasteiger partial charge is 0.238 e. The first kappa shape index (κ1) is 23.5. The predicted octanol–water partition coefficient (Wildman–Crippen LogP) is 4.21. The highest BCUT2D eigenvalue weighted by molar-refractivity contribution is 6.24. The number of carbonyl (C=O) groups is 5. The van der Waals surface area contributed by atoms with E-state index >= 15 is 0 Å². The highest BCUT2D eigenvalue weighted by atomic mass is 16.2. The van der Waals surface area contributed by atoms with E-state index < -0.39 is 0 Å². The Labute approximate surface area is 230 Å². The third kappa shape index (κ3) is 3.14. The van der Waals surface area contributed by atoms with Crippen molar-refractivity contribution in [2.24, 2.45) is 47.3 Å². The van der Waals surface area contributed by atoms with E-state index in [9.17, 15) is 24.0 Å². The number of allylic oxidation sites excluding steroid dienone is 5.